The largest absolute Gasteiger partial charge is 0.494 e. The molecule has 0 aromatic heterocycles. The van der Waals surface area contributed by atoms with E-state index in [1.54, 1.807) is 6.07 Å². The average molecular weight is 271 g/mol. The molecule has 0 bridgehead atoms. The highest BCUT2D eigenvalue weighted by atomic mass is 19.3. The molecule has 1 aliphatic heterocycles. The number of benzene rings is 1. The fourth-order valence-corrected chi connectivity index (χ4v) is 2.40. The van der Waals surface area contributed by atoms with E-state index < -0.39 is 12.5 Å². The van der Waals surface area contributed by atoms with Crippen molar-refractivity contribution >= 4 is 0 Å². The average Bonchev–Trinajstić information content (AvgIpc) is 2.69. The number of ether oxygens (including phenoxy) is 2. The van der Waals surface area contributed by atoms with Crippen molar-refractivity contribution in [1.29, 1.82) is 0 Å². The van der Waals surface area contributed by atoms with Gasteiger partial charge in [-0.1, -0.05) is 0 Å². The zero-order valence-electron chi connectivity index (χ0n) is 11.4. The summed E-state index contributed by atoms with van der Waals surface area (Å²) < 4.78 is 37.3. The SMILES string of the molecule is CCOc1cc2c(cc1C(NC)C(F)F)OC(C)C2. The van der Waals surface area contributed by atoms with Crippen LogP contribution in [0.3, 0.4) is 0 Å². The van der Waals surface area contributed by atoms with Gasteiger partial charge in [0.25, 0.3) is 6.43 Å². The van der Waals surface area contributed by atoms with Gasteiger partial charge in [-0.15, -0.1) is 0 Å². The Morgan fingerprint density at radius 3 is 2.79 bits per heavy atom. The van der Waals surface area contributed by atoms with Gasteiger partial charge in [0, 0.05) is 17.5 Å². The van der Waals surface area contributed by atoms with Crippen molar-refractivity contribution < 1.29 is 18.3 Å². The lowest BCUT2D eigenvalue weighted by Gasteiger charge is -2.20. The quantitative estimate of drug-likeness (QED) is 0.893. The molecule has 1 aromatic carbocycles. The molecule has 3 nitrogen and oxygen atoms in total. The van der Waals surface area contributed by atoms with E-state index in [9.17, 15) is 8.78 Å². The summed E-state index contributed by atoms with van der Waals surface area (Å²) in [6.45, 7) is 4.25. The second kappa shape index (κ2) is 5.74. The van der Waals surface area contributed by atoms with Crippen LogP contribution in [0.5, 0.6) is 11.5 Å². The van der Waals surface area contributed by atoms with Crippen LogP contribution in [0.2, 0.25) is 0 Å². The normalized spacial score (nSPS) is 19.2. The molecule has 1 heterocycles. The molecule has 0 saturated heterocycles. The van der Waals surface area contributed by atoms with E-state index in [-0.39, 0.29) is 6.10 Å². The molecule has 0 aliphatic carbocycles. The second-order valence-corrected chi connectivity index (χ2v) is 4.66. The molecule has 2 rings (SSSR count). The summed E-state index contributed by atoms with van der Waals surface area (Å²) in [5.41, 5.74) is 1.47. The van der Waals surface area contributed by atoms with Gasteiger partial charge in [0.1, 0.15) is 17.6 Å². The topological polar surface area (TPSA) is 30.5 Å². The van der Waals surface area contributed by atoms with Gasteiger partial charge in [-0.05, 0) is 33.0 Å². The molecule has 1 N–H and O–H groups in total. The van der Waals surface area contributed by atoms with E-state index in [1.807, 2.05) is 19.9 Å². The minimum atomic E-state index is -2.50. The molecule has 0 spiro atoms. The lowest BCUT2D eigenvalue weighted by atomic mass is 10.0. The van der Waals surface area contributed by atoms with E-state index >= 15 is 0 Å². The Morgan fingerprint density at radius 1 is 1.47 bits per heavy atom. The summed E-state index contributed by atoms with van der Waals surface area (Å²) >= 11 is 0. The number of halogens is 2. The van der Waals surface area contributed by atoms with Crippen molar-refractivity contribution in [1.82, 2.24) is 5.32 Å². The van der Waals surface area contributed by atoms with Crippen molar-refractivity contribution in [3.63, 3.8) is 0 Å². The highest BCUT2D eigenvalue weighted by Gasteiger charge is 2.28. The zero-order chi connectivity index (χ0) is 14.0. The molecule has 0 fully saturated rings. The maximum atomic E-state index is 13.1. The van der Waals surface area contributed by atoms with E-state index in [0.29, 0.717) is 23.7 Å². The van der Waals surface area contributed by atoms with Crippen molar-refractivity contribution in [3.8, 4) is 11.5 Å². The summed E-state index contributed by atoms with van der Waals surface area (Å²) in [4.78, 5) is 0. The monoisotopic (exact) mass is 271 g/mol. The van der Waals surface area contributed by atoms with Crippen molar-refractivity contribution in [2.75, 3.05) is 13.7 Å². The molecular weight excluding hydrogens is 252 g/mol. The second-order valence-electron chi connectivity index (χ2n) is 4.66. The smallest absolute Gasteiger partial charge is 0.257 e. The molecule has 0 saturated carbocycles. The summed E-state index contributed by atoms with van der Waals surface area (Å²) in [7, 11) is 1.52. The lowest BCUT2D eigenvalue weighted by Crippen LogP contribution is -2.24. The summed E-state index contributed by atoms with van der Waals surface area (Å²) in [5.74, 6) is 1.20. The molecule has 1 aromatic rings. The Bertz CT molecular complexity index is 451. The Balaban J connectivity index is 2.43. The van der Waals surface area contributed by atoms with Crippen molar-refractivity contribution in [2.24, 2.45) is 0 Å². The van der Waals surface area contributed by atoms with Crippen LogP contribution in [0.15, 0.2) is 12.1 Å². The zero-order valence-corrected chi connectivity index (χ0v) is 11.4. The van der Waals surface area contributed by atoms with E-state index in [0.717, 1.165) is 12.0 Å². The highest BCUT2D eigenvalue weighted by molar-refractivity contribution is 5.50. The van der Waals surface area contributed by atoms with Crippen LogP contribution in [0.25, 0.3) is 0 Å². The number of rotatable bonds is 5. The molecule has 2 atom stereocenters. The highest BCUT2D eigenvalue weighted by Crippen LogP contribution is 2.39. The third kappa shape index (κ3) is 2.81. The Labute approximate surface area is 111 Å². The van der Waals surface area contributed by atoms with Crippen molar-refractivity contribution in [2.45, 2.75) is 38.8 Å². The minimum absolute atomic E-state index is 0.0827. The van der Waals surface area contributed by atoms with Gasteiger partial charge >= 0.3 is 0 Å². The third-order valence-corrected chi connectivity index (χ3v) is 3.23. The molecule has 1 aliphatic rings. The predicted octanol–water partition coefficient (Wildman–Crippen LogP) is 2.93. The Kier molecular flexibility index (Phi) is 4.24. The lowest BCUT2D eigenvalue weighted by molar-refractivity contribution is 0.100. The first-order valence-corrected chi connectivity index (χ1v) is 6.48. The van der Waals surface area contributed by atoms with E-state index in [4.69, 9.17) is 9.47 Å². The first-order chi connectivity index (χ1) is 9.06. The van der Waals surface area contributed by atoms with Crippen LogP contribution in [-0.2, 0) is 6.42 Å². The maximum absolute atomic E-state index is 13.1. The summed E-state index contributed by atoms with van der Waals surface area (Å²) in [6, 6.07) is 2.45. The van der Waals surface area contributed by atoms with Gasteiger partial charge in [-0.25, -0.2) is 8.78 Å². The first kappa shape index (κ1) is 14.1. The number of alkyl halides is 2. The van der Waals surface area contributed by atoms with Crippen LogP contribution in [0, 0.1) is 0 Å². The van der Waals surface area contributed by atoms with Gasteiger partial charge < -0.3 is 14.8 Å². The van der Waals surface area contributed by atoms with Crippen LogP contribution in [0.1, 0.15) is 31.0 Å². The molecule has 2 unspecified atom stereocenters. The number of fused-ring (bicyclic) bond motifs is 1. The molecule has 5 heteroatoms. The molecule has 19 heavy (non-hydrogen) atoms. The molecule has 0 radical (unpaired) electrons. The van der Waals surface area contributed by atoms with E-state index in [1.165, 1.54) is 7.05 Å². The Morgan fingerprint density at radius 2 is 2.21 bits per heavy atom. The Hall–Kier alpha value is -1.36. The van der Waals surface area contributed by atoms with Crippen LogP contribution in [0.4, 0.5) is 8.78 Å². The fourth-order valence-electron chi connectivity index (χ4n) is 2.40. The predicted molar refractivity (Wildman–Crippen MR) is 69.2 cm³/mol. The number of nitrogens with one attached hydrogen (secondary N) is 1. The van der Waals surface area contributed by atoms with Gasteiger partial charge in [0.15, 0.2) is 0 Å². The van der Waals surface area contributed by atoms with Gasteiger partial charge in [0.2, 0.25) is 0 Å². The fraction of sp³-hybridized carbons (Fsp3) is 0.571. The van der Waals surface area contributed by atoms with Crippen LogP contribution >= 0.6 is 0 Å². The molecule has 0 amide bonds. The van der Waals surface area contributed by atoms with Crippen LogP contribution < -0.4 is 14.8 Å². The van der Waals surface area contributed by atoms with Crippen molar-refractivity contribution in [3.05, 3.63) is 23.3 Å². The molecule has 106 valence electrons. The summed E-state index contributed by atoms with van der Waals surface area (Å²) in [5, 5.41) is 2.63. The van der Waals surface area contributed by atoms with Gasteiger partial charge in [-0.3, -0.25) is 0 Å². The summed E-state index contributed by atoms with van der Waals surface area (Å²) in [6.07, 6.45) is -1.63. The molecular formula is C14H19F2NO2. The minimum Gasteiger partial charge on any atom is -0.494 e. The first-order valence-electron chi connectivity index (χ1n) is 6.48. The van der Waals surface area contributed by atoms with Gasteiger partial charge in [-0.2, -0.15) is 0 Å². The van der Waals surface area contributed by atoms with E-state index in [2.05, 4.69) is 5.32 Å². The third-order valence-electron chi connectivity index (χ3n) is 3.23. The van der Waals surface area contributed by atoms with Crippen LogP contribution in [-0.4, -0.2) is 26.2 Å². The number of hydrogen-bond donors (Lipinski definition) is 1. The maximum Gasteiger partial charge on any atom is 0.257 e. The van der Waals surface area contributed by atoms with Gasteiger partial charge in [0.05, 0.1) is 12.6 Å². The standard InChI is InChI=1S/C14H19F2NO2/c1-4-18-12-6-9-5-8(2)19-11(9)7-10(12)13(17-3)14(15)16/h6-8,13-14,17H,4-5H2,1-3H3. The number of hydrogen-bond acceptors (Lipinski definition) is 3.